The lowest BCUT2D eigenvalue weighted by atomic mass is 10.2. The first kappa shape index (κ1) is 25.7. The summed E-state index contributed by atoms with van der Waals surface area (Å²) in [5.74, 6) is 0.0575. The standard InChI is InChI=1S/C18H22FN5O4S.HI/c1-2-20-18(22-13-14-6-3-4-9-17(14)19)21-10-11-23-29(27,28)16-8-5-7-15(12-16)24(25)26;/h3-9,12,23H,2,10-11,13H2,1H3,(H2,20,21,22);1H. The van der Waals surface area contributed by atoms with Crippen LogP contribution in [0.2, 0.25) is 0 Å². The average molecular weight is 551 g/mol. The molecule has 0 aliphatic carbocycles. The molecule has 12 heteroatoms. The number of hydrogen-bond donors (Lipinski definition) is 3. The summed E-state index contributed by atoms with van der Waals surface area (Å²) < 4.78 is 40.6. The first-order valence-corrected chi connectivity index (χ1v) is 10.3. The smallest absolute Gasteiger partial charge is 0.270 e. The van der Waals surface area contributed by atoms with Crippen LogP contribution in [0.25, 0.3) is 0 Å². The van der Waals surface area contributed by atoms with E-state index in [9.17, 15) is 22.9 Å². The summed E-state index contributed by atoms with van der Waals surface area (Å²) in [6.07, 6.45) is 0. The van der Waals surface area contributed by atoms with Crippen molar-refractivity contribution in [3.63, 3.8) is 0 Å². The fourth-order valence-electron chi connectivity index (χ4n) is 2.35. The molecular formula is C18H23FIN5O4S. The zero-order valence-corrected chi connectivity index (χ0v) is 19.3. The quantitative estimate of drug-likeness (QED) is 0.110. The second-order valence-corrected chi connectivity index (χ2v) is 7.63. The Balaban J connectivity index is 0.00000450. The maximum atomic E-state index is 13.7. The highest BCUT2D eigenvalue weighted by Gasteiger charge is 2.17. The topological polar surface area (TPSA) is 126 Å². The van der Waals surface area contributed by atoms with Gasteiger partial charge in [-0.3, -0.25) is 10.1 Å². The third kappa shape index (κ3) is 7.84. The molecule has 0 spiro atoms. The Hall–Kier alpha value is -2.32. The van der Waals surface area contributed by atoms with Crippen LogP contribution in [0, 0.1) is 15.9 Å². The predicted molar refractivity (Wildman–Crippen MR) is 123 cm³/mol. The average Bonchev–Trinajstić information content (AvgIpc) is 2.70. The van der Waals surface area contributed by atoms with Gasteiger partial charge in [-0.2, -0.15) is 0 Å². The molecule has 0 heterocycles. The number of benzene rings is 2. The number of sulfonamides is 1. The number of halogens is 2. The summed E-state index contributed by atoms with van der Waals surface area (Å²) in [5, 5.41) is 16.7. The fourth-order valence-corrected chi connectivity index (χ4v) is 3.42. The molecule has 0 radical (unpaired) electrons. The van der Waals surface area contributed by atoms with Crippen LogP contribution in [-0.2, 0) is 16.6 Å². The summed E-state index contributed by atoms with van der Waals surface area (Å²) >= 11 is 0. The molecule has 0 saturated carbocycles. The molecule has 2 aromatic rings. The van der Waals surface area contributed by atoms with E-state index in [0.717, 1.165) is 6.07 Å². The minimum atomic E-state index is -3.89. The van der Waals surface area contributed by atoms with E-state index in [0.29, 0.717) is 18.1 Å². The lowest BCUT2D eigenvalue weighted by molar-refractivity contribution is -0.385. The van der Waals surface area contributed by atoms with Gasteiger partial charge in [0, 0.05) is 37.3 Å². The minimum Gasteiger partial charge on any atom is -0.357 e. The molecule has 0 saturated heterocycles. The molecule has 0 fully saturated rings. The third-order valence-electron chi connectivity index (χ3n) is 3.76. The van der Waals surface area contributed by atoms with E-state index in [2.05, 4.69) is 20.3 Å². The SMILES string of the molecule is CCNC(=NCc1ccccc1F)NCCNS(=O)(=O)c1cccc([N+](=O)[O-])c1.I. The molecule has 0 aromatic heterocycles. The Labute approximate surface area is 191 Å². The molecule has 0 unspecified atom stereocenters. The summed E-state index contributed by atoms with van der Waals surface area (Å²) in [4.78, 5) is 14.2. The number of nitro groups is 1. The van der Waals surface area contributed by atoms with Crippen LogP contribution < -0.4 is 15.4 Å². The van der Waals surface area contributed by atoms with Crippen molar-refractivity contribution >= 4 is 45.6 Å². The number of aliphatic imine (C=N–C) groups is 1. The third-order valence-corrected chi connectivity index (χ3v) is 5.22. The Morgan fingerprint density at radius 1 is 1.13 bits per heavy atom. The van der Waals surface area contributed by atoms with Crippen LogP contribution in [-0.4, -0.2) is 38.9 Å². The Morgan fingerprint density at radius 3 is 2.53 bits per heavy atom. The van der Waals surface area contributed by atoms with Crippen LogP contribution in [0.1, 0.15) is 12.5 Å². The Kier molecular flexibility index (Phi) is 10.6. The minimum absolute atomic E-state index is 0. The molecule has 0 aliphatic rings. The van der Waals surface area contributed by atoms with Gasteiger partial charge in [0.25, 0.3) is 5.69 Å². The van der Waals surface area contributed by atoms with E-state index in [-0.39, 0.29) is 60.0 Å². The number of hydrogen-bond acceptors (Lipinski definition) is 5. The van der Waals surface area contributed by atoms with Gasteiger partial charge in [0.1, 0.15) is 5.82 Å². The van der Waals surface area contributed by atoms with E-state index in [1.54, 1.807) is 18.2 Å². The number of guanidine groups is 1. The molecule has 3 N–H and O–H groups in total. The Bertz CT molecular complexity index is 988. The molecule has 164 valence electrons. The van der Waals surface area contributed by atoms with Crippen molar-refractivity contribution in [3.8, 4) is 0 Å². The zero-order chi connectivity index (χ0) is 21.3. The largest absolute Gasteiger partial charge is 0.357 e. The van der Waals surface area contributed by atoms with Gasteiger partial charge >= 0.3 is 0 Å². The van der Waals surface area contributed by atoms with Crippen molar-refractivity contribution in [3.05, 3.63) is 70.0 Å². The molecule has 0 atom stereocenters. The van der Waals surface area contributed by atoms with Crippen molar-refractivity contribution in [2.75, 3.05) is 19.6 Å². The number of non-ortho nitro benzene ring substituents is 1. The van der Waals surface area contributed by atoms with Crippen molar-refractivity contribution < 1.29 is 17.7 Å². The van der Waals surface area contributed by atoms with Crippen LogP contribution in [0.5, 0.6) is 0 Å². The summed E-state index contributed by atoms with van der Waals surface area (Å²) in [7, 11) is -3.89. The van der Waals surface area contributed by atoms with Crippen molar-refractivity contribution in [2.45, 2.75) is 18.4 Å². The molecule has 0 amide bonds. The summed E-state index contributed by atoms with van der Waals surface area (Å²) in [5.41, 5.74) is 0.136. The Morgan fingerprint density at radius 2 is 1.87 bits per heavy atom. The van der Waals surface area contributed by atoms with Gasteiger partial charge in [-0.25, -0.2) is 22.5 Å². The lowest BCUT2D eigenvalue weighted by Crippen LogP contribution is -2.41. The maximum absolute atomic E-state index is 13.7. The summed E-state index contributed by atoms with van der Waals surface area (Å²) in [6, 6.07) is 11.1. The molecular weight excluding hydrogens is 528 g/mol. The molecule has 2 rings (SSSR count). The van der Waals surface area contributed by atoms with E-state index in [1.807, 2.05) is 6.92 Å². The van der Waals surface area contributed by atoms with Crippen LogP contribution in [0.4, 0.5) is 10.1 Å². The highest BCUT2D eigenvalue weighted by molar-refractivity contribution is 14.0. The van der Waals surface area contributed by atoms with Crippen LogP contribution >= 0.6 is 24.0 Å². The van der Waals surface area contributed by atoms with E-state index >= 15 is 0 Å². The van der Waals surface area contributed by atoms with E-state index in [4.69, 9.17) is 0 Å². The monoisotopic (exact) mass is 551 g/mol. The van der Waals surface area contributed by atoms with Gasteiger partial charge in [-0.1, -0.05) is 24.3 Å². The number of rotatable bonds is 9. The highest BCUT2D eigenvalue weighted by atomic mass is 127. The highest BCUT2D eigenvalue weighted by Crippen LogP contribution is 2.16. The second-order valence-electron chi connectivity index (χ2n) is 5.87. The molecule has 0 bridgehead atoms. The van der Waals surface area contributed by atoms with Crippen molar-refractivity contribution in [2.24, 2.45) is 4.99 Å². The van der Waals surface area contributed by atoms with Gasteiger partial charge in [0.15, 0.2) is 5.96 Å². The molecule has 0 aliphatic heterocycles. The second kappa shape index (κ2) is 12.4. The van der Waals surface area contributed by atoms with Crippen LogP contribution in [0.15, 0.2) is 58.4 Å². The summed E-state index contributed by atoms with van der Waals surface area (Å²) in [6.45, 7) is 2.79. The zero-order valence-electron chi connectivity index (χ0n) is 16.2. The van der Waals surface area contributed by atoms with E-state index < -0.39 is 14.9 Å². The molecule has 30 heavy (non-hydrogen) atoms. The number of nitrogens with one attached hydrogen (secondary N) is 3. The molecule has 2 aromatic carbocycles. The normalized spacial score (nSPS) is 11.5. The van der Waals surface area contributed by atoms with Gasteiger partial charge in [-0.05, 0) is 19.1 Å². The van der Waals surface area contributed by atoms with Crippen LogP contribution in [0.3, 0.4) is 0 Å². The van der Waals surface area contributed by atoms with Crippen molar-refractivity contribution in [1.29, 1.82) is 0 Å². The fraction of sp³-hybridized carbons (Fsp3) is 0.278. The lowest BCUT2D eigenvalue weighted by Gasteiger charge is -2.12. The first-order valence-electron chi connectivity index (χ1n) is 8.83. The van der Waals surface area contributed by atoms with Gasteiger partial charge < -0.3 is 10.6 Å². The maximum Gasteiger partial charge on any atom is 0.270 e. The number of nitro benzene ring substituents is 1. The first-order chi connectivity index (χ1) is 13.8. The number of nitrogens with zero attached hydrogens (tertiary/aromatic N) is 2. The van der Waals surface area contributed by atoms with Gasteiger partial charge in [0.05, 0.1) is 16.4 Å². The van der Waals surface area contributed by atoms with Crippen molar-refractivity contribution in [1.82, 2.24) is 15.4 Å². The van der Waals surface area contributed by atoms with Gasteiger partial charge in [-0.15, -0.1) is 24.0 Å². The van der Waals surface area contributed by atoms with Gasteiger partial charge in [0.2, 0.25) is 10.0 Å². The predicted octanol–water partition coefficient (Wildman–Crippen LogP) is 2.39. The van der Waals surface area contributed by atoms with E-state index in [1.165, 1.54) is 24.3 Å². The molecule has 9 nitrogen and oxygen atoms in total.